The second-order valence-corrected chi connectivity index (χ2v) is 7.67. The van der Waals surface area contributed by atoms with Crippen LogP contribution in [0.25, 0.3) is 0 Å². The Morgan fingerprint density at radius 3 is 2.77 bits per heavy atom. The lowest BCUT2D eigenvalue weighted by Crippen LogP contribution is -2.53. The lowest BCUT2D eigenvalue weighted by Gasteiger charge is -2.47. The molecule has 0 radical (unpaired) electrons. The Morgan fingerprint density at radius 1 is 1.35 bits per heavy atom. The largest absolute Gasteiger partial charge is 0.385 e. The van der Waals surface area contributed by atoms with E-state index >= 15 is 0 Å². The zero-order chi connectivity index (χ0) is 18.6. The number of hydrogen-bond donors (Lipinski definition) is 0. The topological polar surface area (TPSA) is 67.7 Å². The van der Waals surface area contributed by atoms with Gasteiger partial charge in [0, 0.05) is 58.7 Å². The standard InChI is InChI=1S/C19H30N4O3/c1-16(23-12-8-20-15-23)18(25)21-10-6-19(7-11-21)5-4-17(24)22(14-19)9-3-13-26-2/h8,12,15-16H,3-7,9-11,13-14H2,1-2H3/t16-/m0/s1. The third-order valence-corrected chi connectivity index (χ3v) is 5.99. The maximum Gasteiger partial charge on any atom is 0.245 e. The monoisotopic (exact) mass is 362 g/mol. The average molecular weight is 362 g/mol. The summed E-state index contributed by atoms with van der Waals surface area (Å²) in [6.45, 7) is 5.76. The van der Waals surface area contributed by atoms with E-state index in [-0.39, 0.29) is 23.3 Å². The minimum atomic E-state index is -0.218. The van der Waals surface area contributed by atoms with Crippen molar-refractivity contribution in [3.63, 3.8) is 0 Å². The van der Waals surface area contributed by atoms with Crippen LogP contribution in [0.5, 0.6) is 0 Å². The number of carbonyl (C=O) groups is 2. The molecule has 0 bridgehead atoms. The van der Waals surface area contributed by atoms with Gasteiger partial charge in [-0.25, -0.2) is 4.98 Å². The van der Waals surface area contributed by atoms with Crippen LogP contribution < -0.4 is 0 Å². The van der Waals surface area contributed by atoms with E-state index in [1.807, 2.05) is 27.5 Å². The minimum Gasteiger partial charge on any atom is -0.385 e. The quantitative estimate of drug-likeness (QED) is 0.723. The summed E-state index contributed by atoms with van der Waals surface area (Å²) in [6.07, 6.45) is 9.64. The summed E-state index contributed by atoms with van der Waals surface area (Å²) < 4.78 is 6.96. The molecule has 3 heterocycles. The number of piperidine rings is 2. The molecule has 7 heteroatoms. The molecule has 1 aromatic heterocycles. The molecule has 2 aliphatic rings. The molecule has 1 atom stereocenters. The van der Waals surface area contributed by atoms with Gasteiger partial charge in [0.2, 0.25) is 11.8 Å². The molecule has 26 heavy (non-hydrogen) atoms. The molecule has 3 rings (SSSR count). The fourth-order valence-corrected chi connectivity index (χ4v) is 4.21. The van der Waals surface area contributed by atoms with Gasteiger partial charge in [0.15, 0.2) is 0 Å². The Hall–Kier alpha value is -1.89. The molecule has 7 nitrogen and oxygen atoms in total. The van der Waals surface area contributed by atoms with Crippen molar-refractivity contribution in [2.45, 2.75) is 45.1 Å². The average Bonchev–Trinajstić information content (AvgIpc) is 3.19. The van der Waals surface area contributed by atoms with Crippen LogP contribution >= 0.6 is 0 Å². The van der Waals surface area contributed by atoms with Gasteiger partial charge in [0.25, 0.3) is 0 Å². The first kappa shape index (κ1) is 18.9. The van der Waals surface area contributed by atoms with Gasteiger partial charge in [-0.2, -0.15) is 0 Å². The van der Waals surface area contributed by atoms with Gasteiger partial charge >= 0.3 is 0 Å². The van der Waals surface area contributed by atoms with Crippen molar-refractivity contribution < 1.29 is 14.3 Å². The zero-order valence-corrected chi connectivity index (χ0v) is 15.9. The third-order valence-electron chi connectivity index (χ3n) is 5.99. The normalized spacial score (nSPS) is 21.2. The number of nitrogens with zero attached hydrogens (tertiary/aromatic N) is 4. The minimum absolute atomic E-state index is 0.154. The van der Waals surface area contributed by atoms with Gasteiger partial charge in [-0.05, 0) is 38.0 Å². The molecule has 144 valence electrons. The van der Waals surface area contributed by atoms with Crippen LogP contribution in [0.1, 0.15) is 45.1 Å². The number of aromatic nitrogens is 2. The summed E-state index contributed by atoms with van der Waals surface area (Å²) in [5, 5.41) is 0. The highest BCUT2D eigenvalue weighted by Crippen LogP contribution is 2.40. The molecular formula is C19H30N4O3. The summed E-state index contributed by atoms with van der Waals surface area (Å²) in [6, 6.07) is -0.218. The van der Waals surface area contributed by atoms with E-state index in [9.17, 15) is 9.59 Å². The van der Waals surface area contributed by atoms with Crippen molar-refractivity contribution in [1.82, 2.24) is 19.4 Å². The van der Waals surface area contributed by atoms with Gasteiger partial charge in [-0.3, -0.25) is 9.59 Å². The number of imidazole rings is 1. The zero-order valence-electron chi connectivity index (χ0n) is 15.9. The summed E-state index contributed by atoms with van der Waals surface area (Å²) in [5.41, 5.74) is 0.177. The molecule has 2 amide bonds. The SMILES string of the molecule is COCCCN1CC2(CCC1=O)CCN(C(=O)[C@H](C)n1ccnc1)CC2. The second-order valence-electron chi connectivity index (χ2n) is 7.67. The molecule has 0 unspecified atom stereocenters. The molecule has 0 N–H and O–H groups in total. The van der Waals surface area contributed by atoms with Crippen LogP contribution in [-0.2, 0) is 14.3 Å². The number of amides is 2. The lowest BCUT2D eigenvalue weighted by atomic mass is 9.72. The van der Waals surface area contributed by atoms with E-state index in [4.69, 9.17) is 4.74 Å². The van der Waals surface area contributed by atoms with E-state index in [1.54, 1.807) is 19.6 Å². The maximum atomic E-state index is 12.8. The Balaban J connectivity index is 1.55. The Kier molecular flexibility index (Phi) is 5.96. The molecule has 2 saturated heterocycles. The molecule has 0 aromatic carbocycles. The number of rotatable bonds is 6. The van der Waals surface area contributed by atoms with Crippen molar-refractivity contribution in [3.8, 4) is 0 Å². The fourth-order valence-electron chi connectivity index (χ4n) is 4.21. The van der Waals surface area contributed by atoms with Crippen molar-refractivity contribution in [2.75, 3.05) is 39.9 Å². The van der Waals surface area contributed by atoms with Crippen LogP contribution in [0.3, 0.4) is 0 Å². The Bertz CT molecular complexity index is 608. The van der Waals surface area contributed by atoms with Crippen LogP contribution in [-0.4, -0.2) is 71.1 Å². The van der Waals surface area contributed by atoms with Gasteiger partial charge in [-0.1, -0.05) is 0 Å². The van der Waals surface area contributed by atoms with Crippen LogP contribution in [0.2, 0.25) is 0 Å². The highest BCUT2D eigenvalue weighted by atomic mass is 16.5. The summed E-state index contributed by atoms with van der Waals surface area (Å²) in [4.78, 5) is 33.0. The molecule has 0 saturated carbocycles. The summed E-state index contributed by atoms with van der Waals surface area (Å²) in [7, 11) is 1.69. The molecule has 1 aromatic rings. The molecule has 2 aliphatic heterocycles. The molecule has 0 aliphatic carbocycles. The maximum absolute atomic E-state index is 12.8. The predicted molar refractivity (Wildman–Crippen MR) is 97.5 cm³/mol. The van der Waals surface area contributed by atoms with Gasteiger partial charge in [0.1, 0.15) is 6.04 Å². The van der Waals surface area contributed by atoms with Crippen LogP contribution in [0.15, 0.2) is 18.7 Å². The smallest absolute Gasteiger partial charge is 0.245 e. The van der Waals surface area contributed by atoms with Gasteiger partial charge < -0.3 is 19.1 Å². The van der Waals surface area contributed by atoms with Crippen molar-refractivity contribution in [3.05, 3.63) is 18.7 Å². The summed E-state index contributed by atoms with van der Waals surface area (Å²) >= 11 is 0. The lowest BCUT2D eigenvalue weighted by molar-refractivity contribution is -0.143. The fraction of sp³-hybridized carbons (Fsp3) is 0.737. The van der Waals surface area contributed by atoms with Gasteiger partial charge in [-0.15, -0.1) is 0 Å². The molecular weight excluding hydrogens is 332 g/mol. The van der Waals surface area contributed by atoms with E-state index in [2.05, 4.69) is 4.98 Å². The third kappa shape index (κ3) is 4.09. The number of carbonyl (C=O) groups excluding carboxylic acids is 2. The number of likely N-dealkylation sites (tertiary alicyclic amines) is 2. The first-order chi connectivity index (χ1) is 12.5. The number of ether oxygens (including phenoxy) is 1. The Morgan fingerprint density at radius 2 is 2.12 bits per heavy atom. The molecule has 1 spiro atoms. The van der Waals surface area contributed by atoms with E-state index in [1.165, 1.54) is 0 Å². The first-order valence-electron chi connectivity index (χ1n) is 9.58. The highest BCUT2D eigenvalue weighted by molar-refractivity contribution is 5.80. The summed E-state index contributed by atoms with van der Waals surface area (Å²) in [5.74, 6) is 0.417. The van der Waals surface area contributed by atoms with Crippen molar-refractivity contribution in [1.29, 1.82) is 0 Å². The predicted octanol–water partition coefficient (Wildman–Crippen LogP) is 1.71. The van der Waals surface area contributed by atoms with Crippen LogP contribution in [0, 0.1) is 5.41 Å². The van der Waals surface area contributed by atoms with Crippen molar-refractivity contribution >= 4 is 11.8 Å². The Labute approximate surface area is 155 Å². The second kappa shape index (κ2) is 8.20. The number of methoxy groups -OCH3 is 1. The van der Waals surface area contributed by atoms with E-state index in [0.717, 1.165) is 51.9 Å². The van der Waals surface area contributed by atoms with Crippen LogP contribution in [0.4, 0.5) is 0 Å². The van der Waals surface area contributed by atoms with E-state index in [0.29, 0.717) is 13.0 Å². The highest BCUT2D eigenvalue weighted by Gasteiger charge is 2.41. The first-order valence-corrected chi connectivity index (χ1v) is 9.58. The van der Waals surface area contributed by atoms with Crippen molar-refractivity contribution in [2.24, 2.45) is 5.41 Å². The van der Waals surface area contributed by atoms with E-state index < -0.39 is 0 Å². The van der Waals surface area contributed by atoms with Gasteiger partial charge in [0.05, 0.1) is 6.33 Å². The molecule has 2 fully saturated rings. The number of hydrogen-bond acceptors (Lipinski definition) is 4.